The Morgan fingerprint density at radius 3 is 2.24 bits per heavy atom. The van der Waals surface area contributed by atoms with E-state index < -0.39 is 42.2 Å². The molecule has 0 fully saturated rings. The lowest BCUT2D eigenvalue weighted by Crippen LogP contribution is -2.24. The summed E-state index contributed by atoms with van der Waals surface area (Å²) in [5.74, 6) is -4.16. The molecule has 0 saturated carbocycles. The van der Waals surface area contributed by atoms with Crippen LogP contribution in [0.2, 0.25) is 0 Å². The Labute approximate surface area is 191 Å². The van der Waals surface area contributed by atoms with Crippen molar-refractivity contribution >= 4 is 52.0 Å². The molecule has 11 nitrogen and oxygen atoms in total. The van der Waals surface area contributed by atoms with Gasteiger partial charge in [-0.2, -0.15) is 0 Å². The smallest absolute Gasteiger partial charge is 0.348 e. The third-order valence-corrected chi connectivity index (χ3v) is 6.01. The van der Waals surface area contributed by atoms with Crippen LogP contribution in [0.25, 0.3) is 0 Å². The molecule has 1 aliphatic rings. The monoisotopic (exact) mass is 474 g/mol. The highest BCUT2D eigenvalue weighted by atomic mass is 32.1. The minimum absolute atomic E-state index is 0.0199. The van der Waals surface area contributed by atoms with Gasteiger partial charge in [-0.15, -0.1) is 11.3 Å². The summed E-state index contributed by atoms with van der Waals surface area (Å²) in [6.45, 7) is 0.788. The molecule has 0 aliphatic carbocycles. The number of imide groups is 1. The van der Waals surface area contributed by atoms with Crippen LogP contribution < -0.4 is 5.32 Å². The summed E-state index contributed by atoms with van der Waals surface area (Å²) in [7, 11) is 3.66. The Morgan fingerprint density at radius 2 is 1.61 bits per heavy atom. The maximum Gasteiger partial charge on any atom is 0.348 e. The van der Waals surface area contributed by atoms with Crippen LogP contribution in [0.1, 0.15) is 56.7 Å². The summed E-state index contributed by atoms with van der Waals surface area (Å²) in [6.07, 6.45) is 0. The summed E-state index contributed by atoms with van der Waals surface area (Å²) < 4.78 is 14.4. The third kappa shape index (κ3) is 4.32. The molecule has 12 heteroatoms. The summed E-state index contributed by atoms with van der Waals surface area (Å²) in [5.41, 5.74) is 0.463. The standard InChI is InChI=1S/C21H18N2O9S/c1-9-14(20(28)30-3)16(33-15(9)21(29)31-4)22-13(24)8-32-19(27)10-5-6-11-12(7-10)18(26)23(2)17(11)25/h5-7H,8H2,1-4H3,(H,22,24). The van der Waals surface area contributed by atoms with Gasteiger partial charge in [-0.05, 0) is 30.7 Å². The molecular weight excluding hydrogens is 456 g/mol. The first-order chi connectivity index (χ1) is 15.6. The van der Waals surface area contributed by atoms with E-state index in [2.05, 4.69) is 10.1 Å². The lowest BCUT2D eigenvalue weighted by Gasteiger charge is -2.07. The summed E-state index contributed by atoms with van der Waals surface area (Å²) in [6, 6.07) is 3.87. The van der Waals surface area contributed by atoms with E-state index >= 15 is 0 Å². The second-order valence-corrected chi connectivity index (χ2v) is 7.82. The van der Waals surface area contributed by atoms with Gasteiger partial charge in [0.2, 0.25) is 0 Å². The van der Waals surface area contributed by atoms with Crippen molar-refractivity contribution in [1.82, 2.24) is 4.90 Å². The molecule has 1 aromatic heterocycles. The Hall–Kier alpha value is -4.06. The zero-order valence-electron chi connectivity index (χ0n) is 18.0. The number of fused-ring (bicyclic) bond motifs is 1. The van der Waals surface area contributed by atoms with Crippen molar-refractivity contribution < 1.29 is 43.0 Å². The van der Waals surface area contributed by atoms with Crippen LogP contribution in [0.5, 0.6) is 0 Å². The highest BCUT2D eigenvalue weighted by Crippen LogP contribution is 2.34. The summed E-state index contributed by atoms with van der Waals surface area (Å²) in [5, 5.41) is 2.45. The fourth-order valence-corrected chi connectivity index (χ4v) is 4.23. The Kier molecular flexibility index (Phi) is 6.58. The number of anilines is 1. The minimum atomic E-state index is -0.895. The number of benzene rings is 1. The number of thiophene rings is 1. The number of esters is 3. The lowest BCUT2D eigenvalue weighted by molar-refractivity contribution is -0.119. The van der Waals surface area contributed by atoms with E-state index in [0.717, 1.165) is 23.3 Å². The fourth-order valence-electron chi connectivity index (χ4n) is 3.10. The van der Waals surface area contributed by atoms with E-state index in [9.17, 15) is 28.8 Å². The van der Waals surface area contributed by atoms with Crippen molar-refractivity contribution in [3.8, 4) is 0 Å². The van der Waals surface area contributed by atoms with Gasteiger partial charge < -0.3 is 19.5 Å². The number of ether oxygens (including phenoxy) is 3. The van der Waals surface area contributed by atoms with E-state index in [0.29, 0.717) is 0 Å². The SMILES string of the molecule is COC(=O)c1sc(NC(=O)COC(=O)c2ccc3c(c2)C(=O)N(C)C3=O)c(C(=O)OC)c1C. The van der Waals surface area contributed by atoms with Crippen LogP contribution in [-0.4, -0.2) is 68.4 Å². The second kappa shape index (κ2) is 9.20. The Morgan fingerprint density at radius 1 is 0.970 bits per heavy atom. The first-order valence-corrected chi connectivity index (χ1v) is 10.2. The maximum atomic E-state index is 12.3. The molecule has 1 aromatic carbocycles. The quantitative estimate of drug-likeness (QED) is 0.375. The predicted molar refractivity (Wildman–Crippen MR) is 114 cm³/mol. The van der Waals surface area contributed by atoms with Crippen LogP contribution in [0.4, 0.5) is 5.00 Å². The molecule has 3 rings (SSSR count). The third-order valence-electron chi connectivity index (χ3n) is 4.82. The van der Waals surface area contributed by atoms with E-state index in [-0.39, 0.29) is 37.7 Å². The molecule has 0 spiro atoms. The first kappa shape index (κ1) is 23.6. The van der Waals surface area contributed by atoms with E-state index in [1.54, 1.807) is 0 Å². The summed E-state index contributed by atoms with van der Waals surface area (Å²) >= 11 is 0.814. The van der Waals surface area contributed by atoms with Gasteiger partial charge >= 0.3 is 17.9 Å². The largest absolute Gasteiger partial charge is 0.465 e. The van der Waals surface area contributed by atoms with Crippen LogP contribution in [0.15, 0.2) is 18.2 Å². The molecule has 2 aromatic rings. The van der Waals surface area contributed by atoms with Crippen molar-refractivity contribution in [3.05, 3.63) is 50.9 Å². The molecule has 0 unspecified atom stereocenters. The molecule has 1 aliphatic heterocycles. The lowest BCUT2D eigenvalue weighted by atomic mass is 10.1. The zero-order chi connectivity index (χ0) is 24.4. The molecular formula is C21H18N2O9S. The van der Waals surface area contributed by atoms with Gasteiger partial charge in [0, 0.05) is 7.05 Å². The number of amides is 3. The fraction of sp³-hybridized carbons (Fsp3) is 0.238. The number of nitrogens with one attached hydrogen (secondary N) is 1. The number of hydrogen-bond acceptors (Lipinski definition) is 10. The van der Waals surface area contributed by atoms with Gasteiger partial charge in [0.25, 0.3) is 17.7 Å². The van der Waals surface area contributed by atoms with Gasteiger partial charge in [-0.1, -0.05) is 0 Å². The molecule has 3 amide bonds. The summed E-state index contributed by atoms with van der Waals surface area (Å²) in [4.78, 5) is 73.8. The Bertz CT molecular complexity index is 1210. The van der Waals surface area contributed by atoms with Crippen molar-refractivity contribution in [2.75, 3.05) is 33.2 Å². The minimum Gasteiger partial charge on any atom is -0.465 e. The zero-order valence-corrected chi connectivity index (χ0v) is 18.8. The molecule has 0 bridgehead atoms. The Balaban J connectivity index is 1.72. The van der Waals surface area contributed by atoms with Crippen molar-refractivity contribution in [2.45, 2.75) is 6.92 Å². The van der Waals surface area contributed by atoms with Crippen molar-refractivity contribution in [3.63, 3.8) is 0 Å². The number of hydrogen-bond donors (Lipinski definition) is 1. The molecule has 0 radical (unpaired) electrons. The first-order valence-electron chi connectivity index (χ1n) is 9.34. The van der Waals surface area contributed by atoms with E-state index in [4.69, 9.17) is 9.47 Å². The topological polar surface area (TPSA) is 145 Å². The molecule has 33 heavy (non-hydrogen) atoms. The highest BCUT2D eigenvalue weighted by molar-refractivity contribution is 7.18. The number of methoxy groups -OCH3 is 2. The normalized spacial score (nSPS) is 12.3. The molecule has 1 N–H and O–H groups in total. The maximum absolute atomic E-state index is 12.3. The van der Waals surface area contributed by atoms with Gasteiger partial charge in [-0.3, -0.25) is 19.3 Å². The second-order valence-electron chi connectivity index (χ2n) is 6.80. The number of carbonyl (C=O) groups excluding carboxylic acids is 6. The van der Waals surface area contributed by atoms with E-state index in [1.165, 1.54) is 39.3 Å². The molecule has 0 saturated heterocycles. The van der Waals surface area contributed by atoms with Crippen LogP contribution >= 0.6 is 11.3 Å². The van der Waals surface area contributed by atoms with E-state index in [1.807, 2.05) is 0 Å². The van der Waals surface area contributed by atoms with Gasteiger partial charge in [0.15, 0.2) is 6.61 Å². The van der Waals surface area contributed by atoms with Gasteiger partial charge in [-0.25, -0.2) is 14.4 Å². The van der Waals surface area contributed by atoms with Gasteiger partial charge in [0.05, 0.1) is 36.5 Å². The molecule has 2 heterocycles. The van der Waals surface area contributed by atoms with Crippen molar-refractivity contribution in [1.29, 1.82) is 0 Å². The van der Waals surface area contributed by atoms with Crippen LogP contribution in [-0.2, 0) is 19.0 Å². The number of rotatable bonds is 6. The predicted octanol–water partition coefficient (Wildman–Crippen LogP) is 1.65. The van der Waals surface area contributed by atoms with Crippen LogP contribution in [0.3, 0.4) is 0 Å². The van der Waals surface area contributed by atoms with Gasteiger partial charge in [0.1, 0.15) is 9.88 Å². The average Bonchev–Trinajstić information content (AvgIpc) is 3.24. The average molecular weight is 474 g/mol. The highest BCUT2D eigenvalue weighted by Gasteiger charge is 2.33. The van der Waals surface area contributed by atoms with Crippen molar-refractivity contribution in [2.24, 2.45) is 0 Å². The van der Waals surface area contributed by atoms with Crippen LogP contribution in [0, 0.1) is 6.92 Å². The number of nitrogens with zero attached hydrogens (tertiary/aromatic N) is 1. The number of carbonyl (C=O) groups is 6. The molecule has 172 valence electrons. The molecule has 0 atom stereocenters.